The first kappa shape index (κ1) is 16.1. The third kappa shape index (κ3) is 3.52. The number of para-hydroxylation sites is 1. The molecule has 2 aromatic carbocycles. The van der Waals surface area contributed by atoms with Gasteiger partial charge in [-0.05, 0) is 42.7 Å². The quantitative estimate of drug-likeness (QED) is 0.802. The first-order valence-electron chi connectivity index (χ1n) is 8.72. The number of nitrogens with one attached hydrogen (secondary N) is 3. The molecular formula is C20H23N3O2. The maximum atomic E-state index is 12.2. The summed E-state index contributed by atoms with van der Waals surface area (Å²) in [5, 5.41) is 9.24. The molecule has 2 heterocycles. The van der Waals surface area contributed by atoms with Gasteiger partial charge in [0.15, 0.2) is 0 Å². The number of fused-ring (bicyclic) bond motifs is 2. The van der Waals surface area contributed by atoms with Gasteiger partial charge >= 0.3 is 6.03 Å². The van der Waals surface area contributed by atoms with Gasteiger partial charge in [0, 0.05) is 30.4 Å². The molecule has 2 aliphatic rings. The first-order chi connectivity index (χ1) is 12.1. The summed E-state index contributed by atoms with van der Waals surface area (Å²) in [7, 11) is 0. The Labute approximate surface area is 147 Å². The van der Waals surface area contributed by atoms with E-state index in [1.165, 1.54) is 5.56 Å². The fraction of sp³-hybridized carbons (Fsp3) is 0.350. The highest BCUT2D eigenvalue weighted by atomic mass is 16.5. The largest absolute Gasteiger partial charge is 0.372 e. The highest BCUT2D eigenvalue weighted by molar-refractivity contribution is 6.00. The Kier molecular flexibility index (Phi) is 4.19. The van der Waals surface area contributed by atoms with Gasteiger partial charge in [-0.3, -0.25) is 0 Å². The van der Waals surface area contributed by atoms with E-state index >= 15 is 0 Å². The van der Waals surface area contributed by atoms with Gasteiger partial charge < -0.3 is 20.7 Å². The number of morpholine rings is 1. The van der Waals surface area contributed by atoms with E-state index in [1.807, 2.05) is 43.3 Å². The maximum absolute atomic E-state index is 12.2. The van der Waals surface area contributed by atoms with Crippen molar-refractivity contribution in [2.24, 2.45) is 0 Å². The second-order valence-electron chi connectivity index (χ2n) is 7.04. The van der Waals surface area contributed by atoms with E-state index in [2.05, 4.69) is 28.1 Å². The predicted octanol–water partition coefficient (Wildman–Crippen LogP) is 3.31. The molecule has 2 atom stereocenters. The topological polar surface area (TPSA) is 62.4 Å². The molecule has 2 aromatic rings. The lowest BCUT2D eigenvalue weighted by Gasteiger charge is -2.26. The van der Waals surface area contributed by atoms with Gasteiger partial charge in [-0.1, -0.05) is 30.3 Å². The number of carbonyl (C=O) groups excluding carboxylic acids is 1. The van der Waals surface area contributed by atoms with Gasteiger partial charge in [0.05, 0.1) is 12.2 Å². The smallest absolute Gasteiger partial charge is 0.323 e. The lowest BCUT2D eigenvalue weighted by atomic mass is 9.93. The molecule has 2 amide bonds. The van der Waals surface area contributed by atoms with Crippen LogP contribution in [0.2, 0.25) is 0 Å². The van der Waals surface area contributed by atoms with Crippen LogP contribution in [0.3, 0.4) is 0 Å². The lowest BCUT2D eigenvalue weighted by Crippen LogP contribution is -2.40. The Morgan fingerprint density at radius 1 is 1.20 bits per heavy atom. The van der Waals surface area contributed by atoms with Gasteiger partial charge in [-0.2, -0.15) is 0 Å². The van der Waals surface area contributed by atoms with Gasteiger partial charge in [-0.25, -0.2) is 4.79 Å². The zero-order valence-electron chi connectivity index (χ0n) is 14.3. The van der Waals surface area contributed by atoms with Crippen LogP contribution in [0, 0.1) is 6.92 Å². The molecule has 2 fully saturated rings. The average Bonchev–Trinajstić information content (AvgIpc) is 3.19. The van der Waals surface area contributed by atoms with Crippen molar-refractivity contribution in [3.63, 3.8) is 0 Å². The van der Waals surface area contributed by atoms with Crippen molar-refractivity contribution in [2.75, 3.05) is 23.8 Å². The summed E-state index contributed by atoms with van der Waals surface area (Å²) in [6.45, 7) is 3.71. The summed E-state index contributed by atoms with van der Waals surface area (Å²) in [4.78, 5) is 12.2. The van der Waals surface area contributed by atoms with Gasteiger partial charge in [-0.15, -0.1) is 0 Å². The fourth-order valence-corrected chi connectivity index (χ4v) is 3.69. The molecule has 3 N–H and O–H groups in total. The minimum atomic E-state index is -0.234. The number of hydrogen-bond donors (Lipinski definition) is 3. The van der Waals surface area contributed by atoms with Crippen LogP contribution in [-0.4, -0.2) is 30.8 Å². The third-order valence-corrected chi connectivity index (χ3v) is 5.05. The lowest BCUT2D eigenvalue weighted by molar-refractivity contribution is -0.00521. The Balaban J connectivity index is 1.36. The molecule has 2 saturated heterocycles. The minimum absolute atomic E-state index is 0.0399. The monoisotopic (exact) mass is 337 g/mol. The van der Waals surface area contributed by atoms with E-state index in [4.69, 9.17) is 4.74 Å². The van der Waals surface area contributed by atoms with E-state index in [0.29, 0.717) is 6.04 Å². The van der Waals surface area contributed by atoms with E-state index < -0.39 is 0 Å². The molecule has 0 radical (unpaired) electrons. The fourth-order valence-electron chi connectivity index (χ4n) is 3.69. The molecule has 0 unspecified atom stereocenters. The molecule has 5 heteroatoms. The average molecular weight is 337 g/mol. The molecule has 25 heavy (non-hydrogen) atoms. The van der Waals surface area contributed by atoms with E-state index in [-0.39, 0.29) is 11.6 Å². The van der Waals surface area contributed by atoms with Gasteiger partial charge in [0.25, 0.3) is 0 Å². The molecule has 0 aromatic heterocycles. The number of aryl methyl sites for hydroxylation is 1. The van der Waals surface area contributed by atoms with Crippen LogP contribution in [0.5, 0.6) is 0 Å². The molecule has 0 aliphatic carbocycles. The van der Waals surface area contributed by atoms with E-state index in [0.717, 1.165) is 42.9 Å². The molecule has 5 nitrogen and oxygen atoms in total. The molecule has 2 bridgehead atoms. The first-order valence-corrected chi connectivity index (χ1v) is 8.72. The second-order valence-corrected chi connectivity index (χ2v) is 7.04. The summed E-state index contributed by atoms with van der Waals surface area (Å²) in [6.07, 6.45) is 2.00. The second kappa shape index (κ2) is 6.50. The number of rotatable bonds is 4. The Morgan fingerprint density at radius 2 is 2.00 bits per heavy atom. The number of benzene rings is 2. The van der Waals surface area contributed by atoms with Crippen LogP contribution in [0.1, 0.15) is 17.5 Å². The normalized spacial score (nSPS) is 24.3. The van der Waals surface area contributed by atoms with Crippen LogP contribution in [0.15, 0.2) is 48.5 Å². The molecule has 0 spiro atoms. The number of amides is 2. The Morgan fingerprint density at radius 3 is 2.64 bits per heavy atom. The Hall–Kier alpha value is -2.37. The van der Waals surface area contributed by atoms with Crippen LogP contribution in [-0.2, 0) is 11.2 Å². The van der Waals surface area contributed by atoms with Crippen LogP contribution in [0.4, 0.5) is 16.2 Å². The SMILES string of the molecule is Cc1ccccc1NC(=O)Nc1ccc(C[C@]23CN[C@H](CO2)C3)cc1. The van der Waals surface area contributed by atoms with Gasteiger partial charge in [0.1, 0.15) is 0 Å². The summed E-state index contributed by atoms with van der Waals surface area (Å²) in [6, 6.07) is 16.0. The predicted molar refractivity (Wildman–Crippen MR) is 99.1 cm³/mol. The van der Waals surface area contributed by atoms with Crippen molar-refractivity contribution < 1.29 is 9.53 Å². The molecule has 0 saturated carbocycles. The van der Waals surface area contributed by atoms with Crippen molar-refractivity contribution in [3.05, 3.63) is 59.7 Å². The van der Waals surface area contributed by atoms with Crippen molar-refractivity contribution >= 4 is 17.4 Å². The van der Waals surface area contributed by atoms with Crippen molar-refractivity contribution in [1.82, 2.24) is 5.32 Å². The molecular weight excluding hydrogens is 314 g/mol. The number of urea groups is 1. The zero-order valence-corrected chi connectivity index (χ0v) is 14.3. The summed E-state index contributed by atoms with van der Waals surface area (Å²) in [5.74, 6) is 0. The third-order valence-electron chi connectivity index (χ3n) is 5.05. The standard InChI is InChI=1S/C20H23N3O2/c1-14-4-2-3-5-18(14)23-19(24)22-16-8-6-15(7-9-16)10-20-11-17(12-25-20)21-13-20/h2-9,17,21H,10-13H2,1H3,(H2,22,23,24)/t17-,20-/m0/s1. The number of anilines is 2. The Bertz CT molecular complexity index is 765. The van der Waals surface area contributed by atoms with Gasteiger partial charge in [0.2, 0.25) is 0 Å². The minimum Gasteiger partial charge on any atom is -0.372 e. The molecule has 2 aliphatic heterocycles. The molecule has 4 rings (SSSR count). The number of hydrogen-bond acceptors (Lipinski definition) is 3. The zero-order chi connectivity index (χ0) is 17.3. The van der Waals surface area contributed by atoms with Crippen molar-refractivity contribution in [2.45, 2.75) is 31.4 Å². The van der Waals surface area contributed by atoms with Crippen molar-refractivity contribution in [1.29, 1.82) is 0 Å². The summed E-state index contributed by atoms with van der Waals surface area (Å²) >= 11 is 0. The van der Waals surface area contributed by atoms with E-state index in [1.54, 1.807) is 0 Å². The van der Waals surface area contributed by atoms with Crippen LogP contribution < -0.4 is 16.0 Å². The number of ether oxygens (including phenoxy) is 1. The van der Waals surface area contributed by atoms with E-state index in [9.17, 15) is 4.79 Å². The summed E-state index contributed by atoms with van der Waals surface area (Å²) < 4.78 is 5.97. The van der Waals surface area contributed by atoms with Crippen LogP contribution in [0.25, 0.3) is 0 Å². The van der Waals surface area contributed by atoms with Crippen LogP contribution >= 0.6 is 0 Å². The molecule has 130 valence electrons. The highest BCUT2D eigenvalue weighted by Crippen LogP contribution is 2.34. The number of carbonyl (C=O) groups is 1. The highest BCUT2D eigenvalue weighted by Gasteiger charge is 2.45. The van der Waals surface area contributed by atoms with Crippen molar-refractivity contribution in [3.8, 4) is 0 Å². The maximum Gasteiger partial charge on any atom is 0.323 e. The summed E-state index contributed by atoms with van der Waals surface area (Å²) in [5.41, 5.74) is 3.82.